The zero-order valence-electron chi connectivity index (χ0n) is 15.7. The number of aliphatic hydroxyl groups is 1. The third-order valence-electron chi connectivity index (χ3n) is 4.69. The maximum Gasteiger partial charge on any atom is 0.339 e. The molecule has 1 heterocycles. The number of hydrogen-bond donors (Lipinski definition) is 2. The summed E-state index contributed by atoms with van der Waals surface area (Å²) in [4.78, 5) is 50.7. The Kier molecular flexibility index (Phi) is 4.58. The highest BCUT2D eigenvalue weighted by Crippen LogP contribution is 2.41. The molecule has 1 aliphatic carbocycles. The second-order valence-corrected chi connectivity index (χ2v) is 6.68. The monoisotopic (exact) mass is 386 g/mol. The summed E-state index contributed by atoms with van der Waals surface area (Å²) >= 11 is 0. The van der Waals surface area contributed by atoms with Gasteiger partial charge in [0.2, 0.25) is 11.6 Å². The van der Waals surface area contributed by atoms with Crippen molar-refractivity contribution in [1.29, 1.82) is 0 Å². The van der Waals surface area contributed by atoms with Gasteiger partial charge in [-0.3, -0.25) is 14.4 Å². The molecule has 146 valence electrons. The van der Waals surface area contributed by atoms with Gasteiger partial charge in [-0.05, 0) is 32.4 Å². The summed E-state index contributed by atoms with van der Waals surface area (Å²) in [5, 5.41) is 20.4. The Hall–Kier alpha value is -3.42. The molecule has 0 saturated heterocycles. The number of carbonyl (C=O) groups is 4. The predicted molar refractivity (Wildman–Crippen MR) is 95.4 cm³/mol. The Bertz CT molecular complexity index is 1020. The number of methoxy groups -OCH3 is 1. The van der Waals surface area contributed by atoms with Crippen molar-refractivity contribution in [2.75, 3.05) is 7.11 Å². The summed E-state index contributed by atoms with van der Waals surface area (Å²) in [5.74, 6) is -4.68. The van der Waals surface area contributed by atoms with E-state index >= 15 is 0 Å². The maximum atomic E-state index is 13.2. The fourth-order valence-electron chi connectivity index (χ4n) is 3.66. The lowest BCUT2D eigenvalue weighted by Crippen LogP contribution is -2.33. The summed E-state index contributed by atoms with van der Waals surface area (Å²) in [6, 6.07) is 1.24. The van der Waals surface area contributed by atoms with E-state index in [0.29, 0.717) is 5.56 Å². The number of phenols is 1. The zero-order valence-corrected chi connectivity index (χ0v) is 15.7. The van der Waals surface area contributed by atoms with Gasteiger partial charge < -0.3 is 19.7 Å². The maximum absolute atomic E-state index is 13.2. The number of esters is 1. The minimum Gasteiger partial charge on any atom is -0.512 e. The molecule has 0 spiro atoms. The molecule has 0 bridgehead atoms. The van der Waals surface area contributed by atoms with Crippen molar-refractivity contribution >= 4 is 23.3 Å². The highest BCUT2D eigenvalue weighted by atomic mass is 16.5. The van der Waals surface area contributed by atoms with Crippen molar-refractivity contribution in [1.82, 2.24) is 0 Å². The van der Waals surface area contributed by atoms with Crippen molar-refractivity contribution in [3.63, 3.8) is 0 Å². The molecule has 2 aliphatic rings. The van der Waals surface area contributed by atoms with Crippen molar-refractivity contribution < 1.29 is 38.9 Å². The normalized spacial score (nSPS) is 19.6. The van der Waals surface area contributed by atoms with Crippen LogP contribution in [0, 0.1) is 0 Å². The first kappa shape index (κ1) is 19.3. The van der Waals surface area contributed by atoms with Crippen LogP contribution in [-0.4, -0.2) is 46.7 Å². The number of phenolic OH excluding ortho intramolecular Hbond substituents is 1. The molecule has 1 unspecified atom stereocenters. The third kappa shape index (κ3) is 2.69. The molecule has 8 nitrogen and oxygen atoms in total. The first-order valence-corrected chi connectivity index (χ1v) is 8.48. The molecule has 1 aromatic rings. The molecule has 28 heavy (non-hydrogen) atoms. The van der Waals surface area contributed by atoms with Gasteiger partial charge in [-0.1, -0.05) is 0 Å². The molecule has 1 atom stereocenters. The Morgan fingerprint density at radius 2 is 1.79 bits per heavy atom. The second kappa shape index (κ2) is 6.63. The predicted octanol–water partition coefficient (Wildman–Crippen LogP) is 2.19. The number of ketones is 3. The molecule has 0 amide bonds. The van der Waals surface area contributed by atoms with E-state index in [1.54, 1.807) is 6.92 Å². The molecule has 0 fully saturated rings. The number of allylic oxidation sites excluding steroid dienone is 4. The Morgan fingerprint density at radius 3 is 2.32 bits per heavy atom. The van der Waals surface area contributed by atoms with Crippen LogP contribution in [0.1, 0.15) is 57.4 Å². The molecular formula is C20H18O8. The van der Waals surface area contributed by atoms with Crippen molar-refractivity contribution in [3.05, 3.63) is 51.0 Å². The molecule has 1 aliphatic heterocycles. The molecule has 0 aromatic heterocycles. The molecule has 0 radical (unpaired) electrons. The summed E-state index contributed by atoms with van der Waals surface area (Å²) in [6.07, 6.45) is -0.194. The number of ether oxygens (including phenoxy) is 2. The van der Waals surface area contributed by atoms with Gasteiger partial charge in [0, 0.05) is 6.42 Å². The van der Waals surface area contributed by atoms with Gasteiger partial charge in [-0.25, -0.2) is 4.79 Å². The summed E-state index contributed by atoms with van der Waals surface area (Å²) in [6.45, 7) is 3.97. The lowest BCUT2D eigenvalue weighted by molar-refractivity contribution is -0.113. The first-order chi connectivity index (χ1) is 13.1. The lowest BCUT2D eigenvalue weighted by Gasteiger charge is -2.28. The van der Waals surface area contributed by atoms with Crippen molar-refractivity contribution in [3.8, 4) is 5.75 Å². The quantitative estimate of drug-likeness (QED) is 0.460. The highest BCUT2D eigenvalue weighted by molar-refractivity contribution is 6.33. The minimum absolute atomic E-state index is 0.105. The second-order valence-electron chi connectivity index (χ2n) is 6.68. The van der Waals surface area contributed by atoms with E-state index in [-0.39, 0.29) is 17.5 Å². The van der Waals surface area contributed by atoms with Crippen LogP contribution in [0.4, 0.5) is 0 Å². The van der Waals surface area contributed by atoms with Gasteiger partial charge in [0.05, 0.1) is 34.9 Å². The number of Topliss-reactive ketones (excluding diaryl/α,β-unsaturated/α-hetero) is 3. The standard InChI is InChI=1S/C20H18O8/c1-7-5-10-6-11(23)14-15(13(10)20(26)28-7)18(25)19(27-4)16(17(14)24)12(8(2)21)9(3)22/h6-7,21,23H,5H2,1-4H3/b12-8+. The summed E-state index contributed by atoms with van der Waals surface area (Å²) in [7, 11) is 1.13. The van der Waals surface area contributed by atoms with Gasteiger partial charge in [-0.2, -0.15) is 0 Å². The smallest absolute Gasteiger partial charge is 0.339 e. The van der Waals surface area contributed by atoms with Crippen LogP contribution in [0.5, 0.6) is 5.75 Å². The van der Waals surface area contributed by atoms with Crippen LogP contribution in [0.2, 0.25) is 0 Å². The molecule has 8 heteroatoms. The van der Waals surface area contributed by atoms with E-state index in [1.807, 2.05) is 0 Å². The number of hydrogen-bond acceptors (Lipinski definition) is 8. The van der Waals surface area contributed by atoms with Crippen LogP contribution in [0.25, 0.3) is 0 Å². The number of fused-ring (bicyclic) bond motifs is 3. The number of aromatic hydroxyl groups is 1. The number of benzene rings is 1. The third-order valence-corrected chi connectivity index (χ3v) is 4.69. The summed E-state index contributed by atoms with van der Waals surface area (Å²) in [5.41, 5.74) is -1.33. The van der Waals surface area contributed by atoms with E-state index < -0.39 is 63.4 Å². The molecule has 1 aromatic carbocycles. The van der Waals surface area contributed by atoms with E-state index in [4.69, 9.17) is 9.47 Å². The van der Waals surface area contributed by atoms with Gasteiger partial charge in [0.1, 0.15) is 17.6 Å². The largest absolute Gasteiger partial charge is 0.512 e. The van der Waals surface area contributed by atoms with E-state index in [2.05, 4.69) is 0 Å². The highest BCUT2D eigenvalue weighted by Gasteiger charge is 2.43. The molecule has 0 saturated carbocycles. The Labute approximate surface area is 160 Å². The molecule has 2 N–H and O–H groups in total. The van der Waals surface area contributed by atoms with Gasteiger partial charge in [-0.15, -0.1) is 0 Å². The fourth-order valence-corrected chi connectivity index (χ4v) is 3.66. The topological polar surface area (TPSA) is 127 Å². The average Bonchev–Trinajstić information content (AvgIpc) is 2.57. The average molecular weight is 386 g/mol. The Balaban J connectivity index is 2.39. The zero-order chi connectivity index (χ0) is 20.9. The van der Waals surface area contributed by atoms with Gasteiger partial charge in [0.15, 0.2) is 11.5 Å². The number of rotatable bonds is 3. The first-order valence-electron chi connectivity index (χ1n) is 8.48. The van der Waals surface area contributed by atoms with Gasteiger partial charge in [0.25, 0.3) is 0 Å². The molecule has 3 rings (SSSR count). The van der Waals surface area contributed by atoms with Crippen LogP contribution < -0.4 is 0 Å². The number of carbonyl (C=O) groups excluding carboxylic acids is 4. The van der Waals surface area contributed by atoms with Crippen LogP contribution in [0.15, 0.2) is 28.7 Å². The lowest BCUT2D eigenvalue weighted by atomic mass is 9.78. The van der Waals surface area contributed by atoms with Gasteiger partial charge >= 0.3 is 5.97 Å². The van der Waals surface area contributed by atoms with Crippen molar-refractivity contribution in [2.24, 2.45) is 0 Å². The van der Waals surface area contributed by atoms with E-state index in [9.17, 15) is 29.4 Å². The SMILES string of the molecule is COC1=C(/C(C(C)=O)=C(\C)O)C(=O)c2c(O)cc3c(c2C1=O)C(=O)OC(C)C3. The summed E-state index contributed by atoms with van der Waals surface area (Å²) < 4.78 is 10.3. The number of aliphatic hydroxyl groups excluding tert-OH is 1. The van der Waals surface area contributed by atoms with E-state index in [1.165, 1.54) is 13.0 Å². The van der Waals surface area contributed by atoms with Crippen LogP contribution in [0.3, 0.4) is 0 Å². The minimum atomic E-state index is -0.906. The molecular weight excluding hydrogens is 368 g/mol. The van der Waals surface area contributed by atoms with Crippen LogP contribution >= 0.6 is 0 Å². The van der Waals surface area contributed by atoms with Crippen molar-refractivity contribution in [2.45, 2.75) is 33.3 Å². The van der Waals surface area contributed by atoms with Crippen LogP contribution in [-0.2, 0) is 20.7 Å². The number of cyclic esters (lactones) is 1. The Morgan fingerprint density at radius 1 is 1.14 bits per heavy atom. The van der Waals surface area contributed by atoms with E-state index in [0.717, 1.165) is 14.0 Å². The fraction of sp³-hybridized carbons (Fsp3) is 0.300.